The molecule has 1 aliphatic rings. The number of thiocarbonyl (C=S) groups is 1. The first-order valence-electron chi connectivity index (χ1n) is 9.17. The molecule has 142 valence electrons. The molecule has 0 aliphatic carbocycles. The Balaban J connectivity index is 1.50. The van der Waals surface area contributed by atoms with Crippen LogP contribution in [0, 0.1) is 5.82 Å². The van der Waals surface area contributed by atoms with E-state index in [2.05, 4.69) is 28.9 Å². The van der Waals surface area contributed by atoms with Gasteiger partial charge in [0.05, 0.1) is 11.8 Å². The minimum absolute atomic E-state index is 0.109. The Labute approximate surface area is 173 Å². The summed E-state index contributed by atoms with van der Waals surface area (Å²) >= 11 is 7.28. The Bertz CT molecular complexity index is 970. The summed E-state index contributed by atoms with van der Waals surface area (Å²) in [5.41, 5.74) is 4.20. The highest BCUT2D eigenvalue weighted by molar-refractivity contribution is 7.80. The van der Waals surface area contributed by atoms with Gasteiger partial charge in [0.15, 0.2) is 5.11 Å². The molecule has 28 heavy (non-hydrogen) atoms. The van der Waals surface area contributed by atoms with Gasteiger partial charge in [-0.3, -0.25) is 0 Å². The summed E-state index contributed by atoms with van der Waals surface area (Å²) in [5.74, 6) is -0.246. The van der Waals surface area contributed by atoms with Gasteiger partial charge >= 0.3 is 0 Å². The predicted molar refractivity (Wildman–Crippen MR) is 117 cm³/mol. The van der Waals surface area contributed by atoms with Crippen LogP contribution in [-0.2, 0) is 6.42 Å². The molecule has 1 N–H and O–H groups in total. The Hall–Kier alpha value is -2.57. The highest BCUT2D eigenvalue weighted by Gasteiger charge is 2.31. The van der Waals surface area contributed by atoms with E-state index in [1.54, 1.807) is 23.5 Å². The van der Waals surface area contributed by atoms with Gasteiger partial charge in [-0.15, -0.1) is 0 Å². The van der Waals surface area contributed by atoms with Crippen LogP contribution in [0.5, 0.6) is 0 Å². The Morgan fingerprint density at radius 3 is 2.79 bits per heavy atom. The van der Waals surface area contributed by atoms with Crippen molar-refractivity contribution >= 4 is 34.4 Å². The third kappa shape index (κ3) is 4.29. The van der Waals surface area contributed by atoms with E-state index in [-0.39, 0.29) is 11.9 Å². The average Bonchev–Trinajstić information content (AvgIpc) is 3.38. The maximum atomic E-state index is 13.8. The maximum absolute atomic E-state index is 13.8. The average molecular weight is 410 g/mol. The lowest BCUT2D eigenvalue weighted by Gasteiger charge is -2.25. The van der Waals surface area contributed by atoms with Crippen molar-refractivity contribution in [3.05, 3.63) is 93.9 Å². The van der Waals surface area contributed by atoms with Crippen LogP contribution in [0.15, 0.2) is 76.5 Å². The molecule has 1 atom stereocenters. The third-order valence-electron chi connectivity index (χ3n) is 4.74. The highest BCUT2D eigenvalue weighted by atomic mass is 32.1. The van der Waals surface area contributed by atoms with Crippen molar-refractivity contribution in [1.82, 2.24) is 10.3 Å². The molecule has 0 bridgehead atoms. The van der Waals surface area contributed by atoms with E-state index >= 15 is 0 Å². The first-order valence-corrected chi connectivity index (χ1v) is 10.5. The predicted octanol–water partition coefficient (Wildman–Crippen LogP) is 5.16. The molecule has 3 aromatic rings. The van der Waals surface area contributed by atoms with Crippen LogP contribution in [0.4, 0.5) is 4.39 Å². The molecule has 1 aromatic heterocycles. The number of hydrogen-bond donors (Lipinski definition) is 1. The SMILES string of the molecule is Fc1cccc(C2CC(c3ccsc3)=NN2C(=S)NCCc2ccccc2)c1. The van der Waals surface area contributed by atoms with Gasteiger partial charge in [0.2, 0.25) is 0 Å². The highest BCUT2D eigenvalue weighted by Crippen LogP contribution is 2.33. The van der Waals surface area contributed by atoms with Gasteiger partial charge in [-0.05, 0) is 58.7 Å². The lowest BCUT2D eigenvalue weighted by molar-refractivity contribution is 0.363. The van der Waals surface area contributed by atoms with Crippen molar-refractivity contribution in [1.29, 1.82) is 0 Å². The van der Waals surface area contributed by atoms with E-state index in [4.69, 9.17) is 17.3 Å². The number of thiophene rings is 1. The molecule has 0 saturated carbocycles. The Kier molecular flexibility index (Phi) is 5.78. The number of nitrogens with zero attached hydrogens (tertiary/aromatic N) is 2. The van der Waals surface area contributed by atoms with Crippen LogP contribution < -0.4 is 5.32 Å². The summed E-state index contributed by atoms with van der Waals surface area (Å²) in [7, 11) is 0. The molecular formula is C22H20FN3S2. The smallest absolute Gasteiger partial charge is 0.190 e. The summed E-state index contributed by atoms with van der Waals surface area (Å²) in [6.07, 6.45) is 1.57. The van der Waals surface area contributed by atoms with E-state index in [1.807, 2.05) is 34.7 Å². The first-order chi connectivity index (χ1) is 13.7. The van der Waals surface area contributed by atoms with Crippen molar-refractivity contribution in [2.75, 3.05) is 6.54 Å². The fourth-order valence-corrected chi connectivity index (χ4v) is 4.25. The topological polar surface area (TPSA) is 27.6 Å². The van der Waals surface area contributed by atoms with Crippen molar-refractivity contribution in [3.8, 4) is 0 Å². The van der Waals surface area contributed by atoms with Crippen LogP contribution in [0.25, 0.3) is 0 Å². The van der Waals surface area contributed by atoms with Gasteiger partial charge in [0, 0.05) is 18.5 Å². The molecule has 1 aliphatic heterocycles. The van der Waals surface area contributed by atoms with Gasteiger partial charge < -0.3 is 5.32 Å². The molecule has 0 saturated heterocycles. The number of halogens is 1. The third-order valence-corrected chi connectivity index (χ3v) is 5.75. The van der Waals surface area contributed by atoms with E-state index < -0.39 is 0 Å². The number of nitrogens with one attached hydrogen (secondary N) is 1. The van der Waals surface area contributed by atoms with E-state index in [1.165, 1.54) is 11.6 Å². The van der Waals surface area contributed by atoms with Crippen molar-refractivity contribution in [2.24, 2.45) is 5.10 Å². The van der Waals surface area contributed by atoms with Crippen molar-refractivity contribution < 1.29 is 4.39 Å². The first kappa shape index (κ1) is 18.8. The van der Waals surface area contributed by atoms with Crippen molar-refractivity contribution in [3.63, 3.8) is 0 Å². The van der Waals surface area contributed by atoms with E-state index in [9.17, 15) is 4.39 Å². The Morgan fingerprint density at radius 2 is 2.04 bits per heavy atom. The molecule has 1 unspecified atom stereocenters. The zero-order valence-corrected chi connectivity index (χ0v) is 16.8. The van der Waals surface area contributed by atoms with E-state index in [0.29, 0.717) is 11.5 Å². The van der Waals surface area contributed by atoms with Crippen molar-refractivity contribution in [2.45, 2.75) is 18.9 Å². The zero-order chi connectivity index (χ0) is 19.3. The molecule has 0 spiro atoms. The van der Waals surface area contributed by atoms with Gasteiger partial charge in [-0.2, -0.15) is 16.4 Å². The Morgan fingerprint density at radius 1 is 1.18 bits per heavy atom. The molecule has 4 rings (SSSR count). The molecule has 3 nitrogen and oxygen atoms in total. The monoisotopic (exact) mass is 409 g/mol. The summed E-state index contributed by atoms with van der Waals surface area (Å²) < 4.78 is 13.8. The summed E-state index contributed by atoms with van der Waals surface area (Å²) in [5, 5.41) is 14.6. The van der Waals surface area contributed by atoms with Gasteiger partial charge in [-0.25, -0.2) is 9.40 Å². The molecule has 2 aromatic carbocycles. The van der Waals surface area contributed by atoms with Gasteiger partial charge in [0.25, 0.3) is 0 Å². The molecular weight excluding hydrogens is 389 g/mol. The second-order valence-electron chi connectivity index (χ2n) is 6.65. The molecule has 0 amide bonds. The molecule has 0 radical (unpaired) electrons. The molecule has 2 heterocycles. The standard InChI is InChI=1S/C22H20FN3S2/c23-19-8-4-7-17(13-19)21-14-20(18-10-12-28-15-18)25-26(21)22(27)24-11-9-16-5-2-1-3-6-16/h1-8,10,12-13,15,21H,9,11,14H2,(H,24,27). The van der Waals surface area contributed by atoms with Crippen LogP contribution in [-0.4, -0.2) is 22.4 Å². The van der Waals surface area contributed by atoms with E-state index in [0.717, 1.165) is 29.8 Å². The second-order valence-corrected chi connectivity index (χ2v) is 7.81. The lowest BCUT2D eigenvalue weighted by atomic mass is 10.00. The number of hydrazone groups is 1. The fourth-order valence-electron chi connectivity index (χ4n) is 3.31. The number of rotatable bonds is 5. The summed E-state index contributed by atoms with van der Waals surface area (Å²) in [4.78, 5) is 0. The van der Waals surface area contributed by atoms with Crippen LogP contribution in [0.2, 0.25) is 0 Å². The molecule has 6 heteroatoms. The largest absolute Gasteiger partial charge is 0.361 e. The second kappa shape index (κ2) is 8.63. The van der Waals surface area contributed by atoms with Crippen LogP contribution >= 0.6 is 23.6 Å². The quantitative estimate of drug-likeness (QED) is 0.590. The van der Waals surface area contributed by atoms with Crippen LogP contribution in [0.1, 0.15) is 29.2 Å². The summed E-state index contributed by atoms with van der Waals surface area (Å²) in [6.45, 7) is 0.721. The maximum Gasteiger partial charge on any atom is 0.190 e. The fraction of sp³-hybridized carbons (Fsp3) is 0.182. The van der Waals surface area contributed by atoms with Gasteiger partial charge in [0.1, 0.15) is 5.82 Å². The normalized spacial score (nSPS) is 16.1. The van der Waals surface area contributed by atoms with Gasteiger partial charge in [-0.1, -0.05) is 42.5 Å². The minimum Gasteiger partial charge on any atom is -0.361 e. The summed E-state index contributed by atoms with van der Waals surface area (Å²) in [6, 6.07) is 18.9. The zero-order valence-electron chi connectivity index (χ0n) is 15.2. The number of benzene rings is 2. The minimum atomic E-state index is -0.246. The number of hydrogen-bond acceptors (Lipinski definition) is 3. The van der Waals surface area contributed by atoms with Crippen LogP contribution in [0.3, 0.4) is 0 Å². The lowest BCUT2D eigenvalue weighted by Crippen LogP contribution is -2.37. The molecule has 0 fully saturated rings.